The number of rotatable bonds is 4. The molecule has 0 aromatic heterocycles. The van der Waals surface area contributed by atoms with Gasteiger partial charge in [0.2, 0.25) is 0 Å². The first-order valence-corrected chi connectivity index (χ1v) is 6.92. The largest absolute Gasteiger partial charge is 0.488 e. The van der Waals surface area contributed by atoms with Gasteiger partial charge in [-0.05, 0) is 35.7 Å². The zero-order valence-corrected chi connectivity index (χ0v) is 11.2. The third-order valence-corrected chi connectivity index (χ3v) is 3.58. The summed E-state index contributed by atoms with van der Waals surface area (Å²) in [5, 5.41) is 3.47. The molecular weight excluding hydrogens is 234 g/mol. The summed E-state index contributed by atoms with van der Waals surface area (Å²) in [4.78, 5) is 0. The van der Waals surface area contributed by atoms with E-state index >= 15 is 0 Å². The van der Waals surface area contributed by atoms with Crippen LogP contribution >= 0.6 is 0 Å². The Hall–Kier alpha value is -1.96. The summed E-state index contributed by atoms with van der Waals surface area (Å²) in [5.74, 6) is 1.04. The molecule has 2 aromatic rings. The van der Waals surface area contributed by atoms with Gasteiger partial charge in [0.1, 0.15) is 11.9 Å². The van der Waals surface area contributed by atoms with Crippen LogP contribution in [-0.2, 0) is 12.8 Å². The standard InChI is InChI=1S/C17H19NO/c1-2-13-6-5-8-15(10-13)18-12-16-11-14-7-3-4-9-17(14)19-16/h3-10,16,18H,2,11-12H2,1H3. The van der Waals surface area contributed by atoms with Gasteiger partial charge in [0.25, 0.3) is 0 Å². The molecule has 3 rings (SSSR count). The fourth-order valence-electron chi connectivity index (χ4n) is 2.50. The van der Waals surface area contributed by atoms with Crippen molar-refractivity contribution in [1.29, 1.82) is 0 Å². The van der Waals surface area contributed by atoms with Crippen molar-refractivity contribution in [2.45, 2.75) is 25.9 Å². The van der Waals surface area contributed by atoms with E-state index in [4.69, 9.17) is 4.74 Å². The second-order valence-corrected chi connectivity index (χ2v) is 4.99. The Labute approximate surface area is 114 Å². The molecule has 1 unspecified atom stereocenters. The number of hydrogen-bond acceptors (Lipinski definition) is 2. The van der Waals surface area contributed by atoms with E-state index in [0.717, 1.165) is 25.1 Å². The lowest BCUT2D eigenvalue weighted by Gasteiger charge is -2.13. The molecule has 0 bridgehead atoms. The zero-order chi connectivity index (χ0) is 13.1. The number of benzene rings is 2. The lowest BCUT2D eigenvalue weighted by atomic mass is 10.1. The predicted molar refractivity (Wildman–Crippen MR) is 78.9 cm³/mol. The number of aryl methyl sites for hydroxylation is 1. The van der Waals surface area contributed by atoms with E-state index in [0.29, 0.717) is 0 Å². The Morgan fingerprint density at radius 2 is 2.05 bits per heavy atom. The van der Waals surface area contributed by atoms with Crippen LogP contribution in [0.2, 0.25) is 0 Å². The minimum Gasteiger partial charge on any atom is -0.488 e. The first-order chi connectivity index (χ1) is 9.35. The van der Waals surface area contributed by atoms with Crippen LogP contribution in [0.15, 0.2) is 48.5 Å². The van der Waals surface area contributed by atoms with Gasteiger partial charge in [-0.1, -0.05) is 37.3 Å². The topological polar surface area (TPSA) is 21.3 Å². The van der Waals surface area contributed by atoms with Crippen LogP contribution < -0.4 is 10.1 Å². The lowest BCUT2D eigenvalue weighted by molar-refractivity contribution is 0.246. The second-order valence-electron chi connectivity index (χ2n) is 4.99. The van der Waals surface area contributed by atoms with Crippen LogP contribution in [0.25, 0.3) is 0 Å². The third kappa shape index (κ3) is 2.73. The maximum Gasteiger partial charge on any atom is 0.123 e. The highest BCUT2D eigenvalue weighted by molar-refractivity contribution is 5.46. The van der Waals surface area contributed by atoms with Gasteiger partial charge in [-0.25, -0.2) is 0 Å². The Balaban J connectivity index is 1.59. The summed E-state index contributed by atoms with van der Waals surface area (Å²) in [5.41, 5.74) is 3.86. The van der Waals surface area contributed by atoms with Gasteiger partial charge in [-0.3, -0.25) is 0 Å². The summed E-state index contributed by atoms with van der Waals surface area (Å²) >= 11 is 0. The molecule has 0 saturated carbocycles. The molecule has 2 aromatic carbocycles. The van der Waals surface area contributed by atoms with Crippen molar-refractivity contribution >= 4 is 5.69 Å². The van der Waals surface area contributed by atoms with Crippen LogP contribution in [0.1, 0.15) is 18.1 Å². The molecule has 1 atom stereocenters. The summed E-state index contributed by atoms with van der Waals surface area (Å²) < 4.78 is 5.92. The summed E-state index contributed by atoms with van der Waals surface area (Å²) in [6.07, 6.45) is 2.31. The van der Waals surface area contributed by atoms with E-state index in [9.17, 15) is 0 Å². The maximum atomic E-state index is 5.92. The van der Waals surface area contributed by atoms with Crippen molar-refractivity contribution in [2.75, 3.05) is 11.9 Å². The number of anilines is 1. The number of ether oxygens (including phenoxy) is 1. The molecule has 0 saturated heterocycles. The van der Waals surface area contributed by atoms with Crippen molar-refractivity contribution in [3.05, 3.63) is 59.7 Å². The normalized spacial score (nSPS) is 16.8. The number of hydrogen-bond donors (Lipinski definition) is 1. The lowest BCUT2D eigenvalue weighted by Crippen LogP contribution is -2.23. The third-order valence-electron chi connectivity index (χ3n) is 3.58. The predicted octanol–water partition coefficient (Wildman–Crippen LogP) is 3.66. The minimum atomic E-state index is 0.239. The molecule has 2 heteroatoms. The van der Waals surface area contributed by atoms with Crippen LogP contribution in [0.5, 0.6) is 5.75 Å². The second kappa shape index (κ2) is 5.35. The zero-order valence-electron chi connectivity index (χ0n) is 11.2. The van der Waals surface area contributed by atoms with E-state index in [1.807, 2.05) is 12.1 Å². The fourth-order valence-corrected chi connectivity index (χ4v) is 2.50. The van der Waals surface area contributed by atoms with Gasteiger partial charge in [0, 0.05) is 12.1 Å². The van der Waals surface area contributed by atoms with Gasteiger partial charge in [-0.15, -0.1) is 0 Å². The van der Waals surface area contributed by atoms with Gasteiger partial charge < -0.3 is 10.1 Å². The SMILES string of the molecule is CCc1cccc(NCC2Cc3ccccc3O2)c1. The summed E-state index contributed by atoms with van der Waals surface area (Å²) in [6, 6.07) is 16.9. The Kier molecular flexibility index (Phi) is 3.41. The van der Waals surface area contributed by atoms with Crippen LogP contribution in [0.4, 0.5) is 5.69 Å². The van der Waals surface area contributed by atoms with Gasteiger partial charge >= 0.3 is 0 Å². The molecule has 1 aliphatic heterocycles. The van der Waals surface area contributed by atoms with Gasteiger partial charge in [0.05, 0.1) is 6.54 Å². The molecule has 0 fully saturated rings. The van der Waals surface area contributed by atoms with Crippen LogP contribution in [-0.4, -0.2) is 12.6 Å². The molecule has 0 radical (unpaired) electrons. The summed E-state index contributed by atoms with van der Waals surface area (Å²) in [6.45, 7) is 3.03. The Bertz CT molecular complexity index is 540. The molecule has 0 spiro atoms. The summed E-state index contributed by atoms with van der Waals surface area (Å²) in [7, 11) is 0. The highest BCUT2D eigenvalue weighted by Crippen LogP contribution is 2.28. The highest BCUT2D eigenvalue weighted by Gasteiger charge is 2.21. The van der Waals surface area contributed by atoms with Gasteiger partial charge in [0.15, 0.2) is 0 Å². The van der Waals surface area contributed by atoms with E-state index < -0.39 is 0 Å². The molecule has 0 aliphatic carbocycles. The molecule has 2 nitrogen and oxygen atoms in total. The van der Waals surface area contributed by atoms with Crippen molar-refractivity contribution in [2.24, 2.45) is 0 Å². The first-order valence-electron chi connectivity index (χ1n) is 6.92. The average molecular weight is 253 g/mol. The number of fused-ring (bicyclic) bond motifs is 1. The quantitative estimate of drug-likeness (QED) is 0.897. The van der Waals surface area contributed by atoms with Crippen LogP contribution in [0, 0.1) is 0 Å². The molecule has 1 heterocycles. The maximum absolute atomic E-state index is 5.92. The minimum absolute atomic E-state index is 0.239. The smallest absolute Gasteiger partial charge is 0.123 e. The van der Waals surface area contributed by atoms with Crippen molar-refractivity contribution < 1.29 is 4.74 Å². The average Bonchev–Trinajstić information content (AvgIpc) is 2.88. The van der Waals surface area contributed by atoms with E-state index in [1.54, 1.807) is 0 Å². The molecular formula is C17H19NO. The van der Waals surface area contributed by atoms with Crippen molar-refractivity contribution in [1.82, 2.24) is 0 Å². The van der Waals surface area contributed by atoms with Crippen molar-refractivity contribution in [3.8, 4) is 5.75 Å². The molecule has 1 N–H and O–H groups in total. The molecule has 19 heavy (non-hydrogen) atoms. The van der Waals surface area contributed by atoms with E-state index in [1.165, 1.54) is 16.8 Å². The van der Waals surface area contributed by atoms with E-state index in [-0.39, 0.29) is 6.10 Å². The molecule has 0 amide bonds. The van der Waals surface area contributed by atoms with Crippen LogP contribution in [0.3, 0.4) is 0 Å². The Morgan fingerprint density at radius 1 is 1.16 bits per heavy atom. The van der Waals surface area contributed by atoms with Crippen molar-refractivity contribution in [3.63, 3.8) is 0 Å². The molecule has 98 valence electrons. The first kappa shape index (κ1) is 12.1. The Morgan fingerprint density at radius 3 is 2.89 bits per heavy atom. The molecule has 1 aliphatic rings. The van der Waals surface area contributed by atoms with E-state index in [2.05, 4.69) is 48.6 Å². The highest BCUT2D eigenvalue weighted by atomic mass is 16.5. The van der Waals surface area contributed by atoms with Gasteiger partial charge in [-0.2, -0.15) is 0 Å². The monoisotopic (exact) mass is 253 g/mol. The number of para-hydroxylation sites is 1. The fraction of sp³-hybridized carbons (Fsp3) is 0.294. The number of nitrogens with one attached hydrogen (secondary N) is 1.